The van der Waals surface area contributed by atoms with Crippen molar-refractivity contribution in [2.75, 3.05) is 19.8 Å². The second kappa shape index (κ2) is 5.66. The molecule has 3 atom stereocenters. The highest BCUT2D eigenvalue weighted by atomic mass is 35.5. The fraction of sp³-hybridized carbons (Fsp3) is 0.467. The highest BCUT2D eigenvalue weighted by Crippen LogP contribution is 2.49. The summed E-state index contributed by atoms with van der Waals surface area (Å²) in [6.07, 6.45) is 0.753. The fourth-order valence-electron chi connectivity index (χ4n) is 2.86. The minimum atomic E-state index is -1.01. The first kappa shape index (κ1) is 14.4. The zero-order chi connectivity index (χ0) is 15.0. The lowest BCUT2D eigenvalue weighted by Crippen LogP contribution is -2.53. The summed E-state index contributed by atoms with van der Waals surface area (Å²) in [5, 5.41) is 9.84. The lowest BCUT2D eigenvalue weighted by Gasteiger charge is -2.33. The van der Waals surface area contributed by atoms with Crippen molar-refractivity contribution in [3.63, 3.8) is 0 Å². The Hall–Kier alpha value is -1.59. The molecule has 2 fully saturated rings. The molecule has 21 heavy (non-hydrogen) atoms. The van der Waals surface area contributed by atoms with Crippen LogP contribution in [-0.2, 0) is 14.3 Å². The van der Waals surface area contributed by atoms with Crippen molar-refractivity contribution in [2.24, 2.45) is 5.92 Å². The third kappa shape index (κ3) is 2.89. The molecule has 1 aliphatic carbocycles. The van der Waals surface area contributed by atoms with E-state index in [2.05, 4.69) is 0 Å². The van der Waals surface area contributed by atoms with Crippen molar-refractivity contribution in [2.45, 2.75) is 18.4 Å². The van der Waals surface area contributed by atoms with Crippen molar-refractivity contribution in [3.8, 4) is 0 Å². The molecule has 1 amide bonds. The smallest absolute Gasteiger partial charge is 0.328 e. The molecule has 0 bridgehead atoms. The first-order chi connectivity index (χ1) is 10.1. The topological polar surface area (TPSA) is 66.8 Å². The number of hydrogen-bond acceptors (Lipinski definition) is 3. The van der Waals surface area contributed by atoms with Crippen LogP contribution in [0.4, 0.5) is 0 Å². The van der Waals surface area contributed by atoms with Gasteiger partial charge in [0.15, 0.2) is 6.04 Å². The minimum absolute atomic E-state index is 0.0651. The second-order valence-corrected chi connectivity index (χ2v) is 5.90. The van der Waals surface area contributed by atoms with Crippen LogP contribution in [0.3, 0.4) is 0 Å². The van der Waals surface area contributed by atoms with E-state index in [1.807, 2.05) is 18.2 Å². The van der Waals surface area contributed by atoms with Crippen LogP contribution in [-0.4, -0.2) is 47.7 Å². The van der Waals surface area contributed by atoms with E-state index in [1.54, 1.807) is 6.07 Å². The van der Waals surface area contributed by atoms with Crippen LogP contribution in [0.1, 0.15) is 17.9 Å². The highest BCUT2D eigenvalue weighted by Gasteiger charge is 2.48. The number of aliphatic carboxylic acids is 1. The first-order valence-electron chi connectivity index (χ1n) is 6.94. The van der Waals surface area contributed by atoms with Crippen LogP contribution in [0.2, 0.25) is 5.02 Å². The minimum Gasteiger partial charge on any atom is -0.480 e. The Bertz CT molecular complexity index is 577. The molecular formula is C15H16ClNO4. The lowest BCUT2D eigenvalue weighted by atomic mass is 10.1. The van der Waals surface area contributed by atoms with E-state index >= 15 is 0 Å². The number of amides is 1. The Kier molecular flexibility index (Phi) is 3.87. The molecule has 2 aliphatic rings. The normalized spacial score (nSPS) is 28.2. The van der Waals surface area contributed by atoms with Gasteiger partial charge in [-0.05, 0) is 30.0 Å². The SMILES string of the molecule is O=C(O)[C@@H]1COCCN1C(=O)[C@H]1C[C@@H]1c1cccc(Cl)c1. The largest absolute Gasteiger partial charge is 0.480 e. The van der Waals surface area contributed by atoms with Crippen molar-refractivity contribution < 1.29 is 19.4 Å². The average Bonchev–Trinajstić information content (AvgIpc) is 3.27. The maximum atomic E-state index is 12.5. The molecule has 1 saturated heterocycles. The van der Waals surface area contributed by atoms with Gasteiger partial charge in [-0.3, -0.25) is 4.79 Å². The molecule has 0 aromatic heterocycles. The maximum absolute atomic E-state index is 12.5. The molecule has 0 radical (unpaired) electrons. The van der Waals surface area contributed by atoms with Crippen LogP contribution in [0.5, 0.6) is 0 Å². The summed E-state index contributed by atoms with van der Waals surface area (Å²) in [4.78, 5) is 25.2. The molecule has 0 unspecified atom stereocenters. The van der Waals surface area contributed by atoms with Crippen LogP contribution >= 0.6 is 11.6 Å². The number of nitrogens with zero attached hydrogens (tertiary/aromatic N) is 1. The molecule has 112 valence electrons. The molecule has 1 heterocycles. The third-order valence-corrected chi connectivity index (χ3v) is 4.32. The van der Waals surface area contributed by atoms with Gasteiger partial charge in [-0.15, -0.1) is 0 Å². The number of halogens is 1. The molecule has 3 rings (SSSR count). The quantitative estimate of drug-likeness (QED) is 0.924. The number of benzene rings is 1. The van der Waals surface area contributed by atoms with Crippen LogP contribution in [0, 0.1) is 5.92 Å². The zero-order valence-corrected chi connectivity index (χ0v) is 12.1. The van der Waals surface area contributed by atoms with E-state index in [0.29, 0.717) is 18.2 Å². The maximum Gasteiger partial charge on any atom is 0.328 e. The average molecular weight is 310 g/mol. The molecule has 1 saturated carbocycles. The standard InChI is InChI=1S/C15H16ClNO4/c16-10-3-1-2-9(6-10)11-7-12(11)14(18)17-4-5-21-8-13(17)15(19)20/h1-3,6,11-13H,4-5,7-8H2,(H,19,20)/t11-,12+,13+/m1/s1. The van der Waals surface area contributed by atoms with Gasteiger partial charge in [0.2, 0.25) is 5.91 Å². The number of carboxylic acids is 1. The molecule has 1 aromatic carbocycles. The van der Waals surface area contributed by atoms with Gasteiger partial charge in [0.25, 0.3) is 0 Å². The number of ether oxygens (including phenoxy) is 1. The summed E-state index contributed by atoms with van der Waals surface area (Å²) in [6.45, 7) is 0.800. The van der Waals surface area contributed by atoms with Crippen molar-refractivity contribution in [1.29, 1.82) is 0 Å². The molecule has 1 aromatic rings. The predicted octanol–water partition coefficient (Wildman–Crippen LogP) is 1.76. The second-order valence-electron chi connectivity index (χ2n) is 5.46. The van der Waals surface area contributed by atoms with E-state index in [0.717, 1.165) is 12.0 Å². The van der Waals surface area contributed by atoms with Gasteiger partial charge >= 0.3 is 5.97 Å². The van der Waals surface area contributed by atoms with E-state index in [-0.39, 0.29) is 24.3 Å². The number of hydrogen-bond donors (Lipinski definition) is 1. The van der Waals surface area contributed by atoms with Gasteiger partial charge in [-0.25, -0.2) is 4.79 Å². The fourth-order valence-corrected chi connectivity index (χ4v) is 3.06. The Morgan fingerprint density at radius 3 is 2.90 bits per heavy atom. The van der Waals surface area contributed by atoms with E-state index in [4.69, 9.17) is 16.3 Å². The molecule has 1 aliphatic heterocycles. The third-order valence-electron chi connectivity index (χ3n) is 4.08. The summed E-state index contributed by atoms with van der Waals surface area (Å²) in [5.41, 5.74) is 1.04. The Morgan fingerprint density at radius 2 is 2.19 bits per heavy atom. The van der Waals surface area contributed by atoms with E-state index < -0.39 is 12.0 Å². The molecule has 6 heteroatoms. The van der Waals surface area contributed by atoms with Crippen molar-refractivity contribution in [3.05, 3.63) is 34.9 Å². The van der Waals surface area contributed by atoms with Gasteiger partial charge in [0.05, 0.1) is 13.2 Å². The predicted molar refractivity (Wildman–Crippen MR) is 76.3 cm³/mol. The van der Waals surface area contributed by atoms with Crippen molar-refractivity contribution >= 4 is 23.5 Å². The molecule has 1 N–H and O–H groups in total. The van der Waals surface area contributed by atoms with Gasteiger partial charge in [-0.1, -0.05) is 23.7 Å². The number of carbonyl (C=O) groups is 2. The van der Waals surface area contributed by atoms with Gasteiger partial charge in [0, 0.05) is 17.5 Å². The van der Waals surface area contributed by atoms with Crippen LogP contribution in [0.25, 0.3) is 0 Å². The van der Waals surface area contributed by atoms with Crippen LogP contribution in [0.15, 0.2) is 24.3 Å². The Morgan fingerprint density at radius 1 is 1.38 bits per heavy atom. The number of carbonyl (C=O) groups excluding carboxylic acids is 1. The molecular weight excluding hydrogens is 294 g/mol. The summed E-state index contributed by atoms with van der Waals surface area (Å²) in [6, 6.07) is 6.62. The summed E-state index contributed by atoms with van der Waals surface area (Å²) >= 11 is 5.97. The number of rotatable bonds is 3. The monoisotopic (exact) mass is 309 g/mol. The lowest BCUT2D eigenvalue weighted by molar-refractivity contribution is -0.158. The summed E-state index contributed by atoms with van der Waals surface area (Å²) in [5.74, 6) is -1.09. The highest BCUT2D eigenvalue weighted by molar-refractivity contribution is 6.30. The van der Waals surface area contributed by atoms with E-state index in [9.17, 15) is 14.7 Å². The molecule has 5 nitrogen and oxygen atoms in total. The van der Waals surface area contributed by atoms with Crippen molar-refractivity contribution in [1.82, 2.24) is 4.90 Å². The summed E-state index contributed by atoms with van der Waals surface area (Å²) < 4.78 is 5.16. The zero-order valence-electron chi connectivity index (χ0n) is 11.4. The summed E-state index contributed by atoms with van der Waals surface area (Å²) in [7, 11) is 0. The number of carboxylic acid groups (broad SMARTS) is 1. The van der Waals surface area contributed by atoms with Gasteiger partial charge in [-0.2, -0.15) is 0 Å². The first-order valence-corrected chi connectivity index (χ1v) is 7.32. The Balaban J connectivity index is 1.70. The van der Waals surface area contributed by atoms with Crippen LogP contribution < -0.4 is 0 Å². The Labute approximate surface area is 127 Å². The molecule has 0 spiro atoms. The number of morpholine rings is 1. The van der Waals surface area contributed by atoms with Gasteiger partial charge < -0.3 is 14.7 Å². The van der Waals surface area contributed by atoms with Gasteiger partial charge in [0.1, 0.15) is 0 Å². The van der Waals surface area contributed by atoms with E-state index in [1.165, 1.54) is 4.90 Å².